The van der Waals surface area contributed by atoms with Gasteiger partial charge in [-0.25, -0.2) is 8.42 Å². The number of sulfonamides is 1. The van der Waals surface area contributed by atoms with Gasteiger partial charge in [0.2, 0.25) is 10.0 Å². The summed E-state index contributed by atoms with van der Waals surface area (Å²) in [6, 6.07) is 18.6. The number of carbonyl (C=O) groups excluding carboxylic acids is 2. The summed E-state index contributed by atoms with van der Waals surface area (Å²) in [4.78, 5) is 29.9. The van der Waals surface area contributed by atoms with Gasteiger partial charge in [-0.1, -0.05) is 31.2 Å². The van der Waals surface area contributed by atoms with E-state index in [1.807, 2.05) is 26.1 Å². The molecular weight excluding hydrogens is 570 g/mol. The number of hydrogen-bond donors (Lipinski definition) is 4. The minimum absolute atomic E-state index is 0.0844. The van der Waals surface area contributed by atoms with E-state index in [1.54, 1.807) is 60.4 Å². The van der Waals surface area contributed by atoms with Crippen LogP contribution in [0.15, 0.2) is 66.7 Å². The van der Waals surface area contributed by atoms with Crippen molar-refractivity contribution in [2.24, 2.45) is 5.92 Å². The Morgan fingerprint density at radius 1 is 1.16 bits per heavy atom. The van der Waals surface area contributed by atoms with Gasteiger partial charge < -0.3 is 25.8 Å². The minimum atomic E-state index is -3.55. The average Bonchev–Trinajstić information content (AvgIpc) is 2.95. The molecule has 0 spiro atoms. The van der Waals surface area contributed by atoms with E-state index >= 15 is 0 Å². The van der Waals surface area contributed by atoms with Crippen LogP contribution in [0.1, 0.15) is 40.1 Å². The van der Waals surface area contributed by atoms with Crippen LogP contribution in [0.2, 0.25) is 0 Å². The van der Waals surface area contributed by atoms with E-state index in [0.717, 1.165) is 11.8 Å². The molecule has 2 amide bonds. The van der Waals surface area contributed by atoms with Crippen LogP contribution in [0.3, 0.4) is 0 Å². The summed E-state index contributed by atoms with van der Waals surface area (Å²) in [5.41, 5.74) is 8.97. The Kier molecular flexibility index (Phi) is 9.95. The van der Waals surface area contributed by atoms with Crippen molar-refractivity contribution >= 4 is 38.9 Å². The molecular formula is C31H39N5O6S. The number of nitrogens with one attached hydrogen (secondary N) is 2. The second-order valence-electron chi connectivity index (χ2n) is 11.1. The topological polar surface area (TPSA) is 154 Å². The summed E-state index contributed by atoms with van der Waals surface area (Å²) >= 11 is 0. The van der Waals surface area contributed by atoms with Crippen LogP contribution in [0.25, 0.3) is 0 Å². The van der Waals surface area contributed by atoms with Crippen LogP contribution in [-0.4, -0.2) is 80.3 Å². The predicted octanol–water partition coefficient (Wildman–Crippen LogP) is 3.24. The lowest BCUT2D eigenvalue weighted by molar-refractivity contribution is 0.0341. The van der Waals surface area contributed by atoms with Crippen LogP contribution >= 0.6 is 0 Å². The molecule has 0 fully saturated rings. The third-order valence-electron chi connectivity index (χ3n) is 7.34. The minimum Gasteiger partial charge on any atom is -0.488 e. The number of para-hydroxylation sites is 2. The van der Waals surface area contributed by atoms with Gasteiger partial charge in [0.25, 0.3) is 11.8 Å². The molecule has 0 saturated heterocycles. The smallest absolute Gasteiger partial charge is 0.258 e. The van der Waals surface area contributed by atoms with Crippen molar-refractivity contribution < 1.29 is 27.9 Å². The highest BCUT2D eigenvalue weighted by molar-refractivity contribution is 7.92. The van der Waals surface area contributed by atoms with E-state index < -0.39 is 16.1 Å². The molecule has 1 aliphatic rings. The number of hydrogen-bond acceptors (Lipinski definition) is 8. The Morgan fingerprint density at radius 3 is 2.51 bits per heavy atom. The summed E-state index contributed by atoms with van der Waals surface area (Å²) in [7, 11) is -1.59. The number of fused-ring (bicyclic) bond motifs is 1. The van der Waals surface area contributed by atoms with Crippen LogP contribution in [0.5, 0.6) is 5.75 Å². The predicted molar refractivity (Wildman–Crippen MR) is 168 cm³/mol. The molecule has 43 heavy (non-hydrogen) atoms. The molecule has 0 aromatic heterocycles. The molecule has 5 N–H and O–H groups in total. The van der Waals surface area contributed by atoms with E-state index in [9.17, 15) is 23.1 Å². The lowest BCUT2D eigenvalue weighted by atomic mass is 9.99. The van der Waals surface area contributed by atoms with Crippen LogP contribution in [0, 0.1) is 5.92 Å². The Bertz CT molecular complexity index is 1560. The van der Waals surface area contributed by atoms with Crippen LogP contribution < -0.4 is 20.5 Å². The average molecular weight is 610 g/mol. The van der Waals surface area contributed by atoms with Crippen molar-refractivity contribution in [3.63, 3.8) is 0 Å². The summed E-state index contributed by atoms with van der Waals surface area (Å²) in [5.74, 6) is -0.330. The number of nitrogen functional groups attached to an aromatic ring is 1. The first-order chi connectivity index (χ1) is 20.3. The molecule has 1 heterocycles. The summed E-state index contributed by atoms with van der Waals surface area (Å²) in [6.07, 6.45) is 0.722. The van der Waals surface area contributed by atoms with Gasteiger partial charge in [-0.3, -0.25) is 19.2 Å². The quantitative estimate of drug-likeness (QED) is 0.256. The van der Waals surface area contributed by atoms with Crippen molar-refractivity contribution in [1.82, 2.24) is 9.80 Å². The number of aliphatic hydroxyl groups is 1. The zero-order valence-electron chi connectivity index (χ0n) is 24.8. The highest BCUT2D eigenvalue weighted by Crippen LogP contribution is 2.31. The maximum Gasteiger partial charge on any atom is 0.258 e. The standard InChI is InChI=1S/C31H39N5O6S/c1-20-16-36(21(2)19-37)31(39)25-15-24(34-43(4,40)41)13-14-28(25)42-29(20)18-35(3)17-22-9-11-23(12-10-22)30(38)33-27-8-6-5-7-26(27)32/h5-15,20-21,29,34,37H,16-19,32H2,1-4H3,(H,33,38)/t20-,21-,29+/m0/s1. The monoisotopic (exact) mass is 609 g/mol. The fourth-order valence-electron chi connectivity index (χ4n) is 4.97. The Morgan fingerprint density at radius 2 is 1.86 bits per heavy atom. The van der Waals surface area contributed by atoms with E-state index in [2.05, 4.69) is 14.9 Å². The Hall–Kier alpha value is -4.13. The van der Waals surface area contributed by atoms with Crippen molar-refractivity contribution in [2.45, 2.75) is 32.5 Å². The first-order valence-corrected chi connectivity index (χ1v) is 15.9. The number of nitrogens with zero attached hydrogens (tertiary/aromatic N) is 2. The van der Waals surface area contributed by atoms with Crippen LogP contribution in [-0.2, 0) is 16.6 Å². The van der Waals surface area contributed by atoms with E-state index in [1.165, 1.54) is 6.07 Å². The molecule has 0 unspecified atom stereocenters. The van der Waals surface area contributed by atoms with Gasteiger partial charge in [0.05, 0.1) is 35.8 Å². The molecule has 11 nitrogen and oxygen atoms in total. The number of nitrogens with two attached hydrogens (primary N) is 1. The SMILES string of the molecule is C[C@H]1CN([C@@H](C)CO)C(=O)c2cc(NS(C)(=O)=O)ccc2O[C@@H]1CN(C)Cc1ccc(C(=O)Nc2ccccc2N)cc1. The molecule has 0 aliphatic carbocycles. The zero-order chi connectivity index (χ0) is 31.3. The maximum atomic E-state index is 13.5. The van der Waals surface area contributed by atoms with Crippen molar-refractivity contribution in [3.05, 3.63) is 83.4 Å². The van der Waals surface area contributed by atoms with Crippen molar-refractivity contribution in [1.29, 1.82) is 0 Å². The number of amides is 2. The van der Waals surface area contributed by atoms with Gasteiger partial charge in [-0.2, -0.15) is 0 Å². The summed E-state index contributed by atoms with van der Waals surface area (Å²) in [5, 5.41) is 12.7. The lowest BCUT2D eigenvalue weighted by Crippen LogP contribution is -2.49. The number of likely N-dealkylation sites (N-methyl/N-ethyl adjacent to an activating group) is 1. The number of carbonyl (C=O) groups is 2. The molecule has 0 radical (unpaired) electrons. The van der Waals surface area contributed by atoms with Gasteiger partial charge in [-0.15, -0.1) is 0 Å². The fraction of sp³-hybridized carbons (Fsp3) is 0.355. The van der Waals surface area contributed by atoms with Gasteiger partial charge in [0, 0.05) is 36.8 Å². The van der Waals surface area contributed by atoms with E-state index in [4.69, 9.17) is 10.5 Å². The molecule has 12 heteroatoms. The summed E-state index contributed by atoms with van der Waals surface area (Å²) in [6.45, 7) is 5.01. The molecule has 1 aliphatic heterocycles. The second-order valence-corrected chi connectivity index (χ2v) is 12.9. The molecule has 0 bridgehead atoms. The van der Waals surface area contributed by atoms with Gasteiger partial charge in [-0.05, 0) is 62.0 Å². The number of ether oxygens (including phenoxy) is 1. The number of aliphatic hydroxyl groups excluding tert-OH is 1. The highest BCUT2D eigenvalue weighted by Gasteiger charge is 2.33. The molecule has 3 aromatic rings. The largest absolute Gasteiger partial charge is 0.488 e. The molecule has 4 rings (SSSR count). The van der Waals surface area contributed by atoms with Gasteiger partial charge in [0.1, 0.15) is 11.9 Å². The van der Waals surface area contributed by atoms with E-state index in [-0.39, 0.29) is 41.7 Å². The maximum absolute atomic E-state index is 13.5. The summed E-state index contributed by atoms with van der Waals surface area (Å²) < 4.78 is 32.4. The molecule has 3 aromatic carbocycles. The molecule has 0 saturated carbocycles. The lowest BCUT2D eigenvalue weighted by Gasteiger charge is -2.38. The normalized spacial score (nSPS) is 17.8. The Balaban J connectivity index is 1.49. The third kappa shape index (κ3) is 8.25. The Labute approximate surface area is 252 Å². The van der Waals surface area contributed by atoms with E-state index in [0.29, 0.717) is 42.3 Å². The molecule has 3 atom stereocenters. The fourth-order valence-corrected chi connectivity index (χ4v) is 5.52. The van der Waals surface area contributed by atoms with Gasteiger partial charge in [0.15, 0.2) is 0 Å². The van der Waals surface area contributed by atoms with Gasteiger partial charge >= 0.3 is 0 Å². The first kappa shape index (κ1) is 31.8. The number of anilines is 3. The number of rotatable bonds is 10. The van der Waals surface area contributed by atoms with Crippen molar-refractivity contribution in [3.8, 4) is 5.75 Å². The zero-order valence-corrected chi connectivity index (χ0v) is 25.6. The first-order valence-electron chi connectivity index (χ1n) is 14.0. The van der Waals surface area contributed by atoms with Crippen molar-refractivity contribution in [2.75, 3.05) is 48.8 Å². The van der Waals surface area contributed by atoms with Crippen LogP contribution in [0.4, 0.5) is 17.1 Å². The second kappa shape index (κ2) is 13.4. The number of benzene rings is 3. The highest BCUT2D eigenvalue weighted by atomic mass is 32.2. The third-order valence-corrected chi connectivity index (χ3v) is 7.94. The molecule has 230 valence electrons.